The van der Waals surface area contributed by atoms with Crippen molar-refractivity contribution in [3.8, 4) is 28.6 Å². The first-order chi connectivity index (χ1) is 15.1. The van der Waals surface area contributed by atoms with Crippen molar-refractivity contribution in [1.29, 1.82) is 0 Å². The first-order valence-corrected chi connectivity index (χ1v) is 9.42. The maximum absolute atomic E-state index is 11.6. The maximum Gasteiger partial charge on any atom is 0.262 e. The number of ether oxygens (including phenoxy) is 3. The Labute approximate surface area is 176 Å². The summed E-state index contributed by atoms with van der Waals surface area (Å²) in [5.74, 6) is 2.65. The predicted molar refractivity (Wildman–Crippen MR) is 114 cm³/mol. The predicted octanol–water partition coefficient (Wildman–Crippen LogP) is 3.11. The Morgan fingerprint density at radius 1 is 1.06 bits per heavy atom. The zero-order valence-corrected chi connectivity index (χ0v) is 16.7. The minimum absolute atomic E-state index is 0.00906. The van der Waals surface area contributed by atoms with Crippen LogP contribution in [0.4, 0.5) is 17.2 Å². The average molecular weight is 418 g/mol. The van der Waals surface area contributed by atoms with Crippen LogP contribution in [0, 0.1) is 0 Å². The molecule has 0 spiro atoms. The van der Waals surface area contributed by atoms with Crippen molar-refractivity contribution in [3.63, 3.8) is 0 Å². The molecule has 3 heterocycles. The number of benzene rings is 2. The summed E-state index contributed by atoms with van der Waals surface area (Å²) >= 11 is 0. The second-order valence-electron chi connectivity index (χ2n) is 6.77. The molecule has 0 unspecified atom stereocenters. The fourth-order valence-electron chi connectivity index (χ4n) is 3.33. The monoisotopic (exact) mass is 418 g/mol. The lowest BCUT2D eigenvalue weighted by Crippen LogP contribution is -2.25. The van der Waals surface area contributed by atoms with Crippen molar-refractivity contribution in [2.75, 3.05) is 31.5 Å². The molecule has 0 saturated carbocycles. The van der Waals surface area contributed by atoms with Crippen LogP contribution >= 0.6 is 0 Å². The second kappa shape index (κ2) is 7.48. The summed E-state index contributed by atoms with van der Waals surface area (Å²) in [6, 6.07) is 10.9. The third-order valence-corrected chi connectivity index (χ3v) is 4.82. The summed E-state index contributed by atoms with van der Waals surface area (Å²) < 4.78 is 16.1. The molecule has 10 nitrogen and oxygen atoms in total. The van der Waals surface area contributed by atoms with Crippen LogP contribution in [-0.4, -0.2) is 46.9 Å². The van der Waals surface area contributed by atoms with Crippen molar-refractivity contribution >= 4 is 34.1 Å². The van der Waals surface area contributed by atoms with Crippen molar-refractivity contribution < 1.29 is 19.0 Å². The number of hydrogen-bond acceptors (Lipinski definition) is 8. The van der Waals surface area contributed by atoms with E-state index in [9.17, 15) is 4.79 Å². The van der Waals surface area contributed by atoms with Crippen molar-refractivity contribution in [1.82, 2.24) is 20.2 Å². The Hall–Kier alpha value is -4.34. The van der Waals surface area contributed by atoms with Gasteiger partial charge in [0.15, 0.2) is 29.7 Å². The minimum atomic E-state index is -0.196. The second-order valence-corrected chi connectivity index (χ2v) is 6.77. The van der Waals surface area contributed by atoms with Gasteiger partial charge in [0.05, 0.1) is 26.1 Å². The highest BCUT2D eigenvalue weighted by atomic mass is 16.5. The smallest absolute Gasteiger partial charge is 0.262 e. The molecule has 3 N–H and O–H groups in total. The van der Waals surface area contributed by atoms with Crippen LogP contribution in [0.3, 0.4) is 0 Å². The van der Waals surface area contributed by atoms with Gasteiger partial charge in [-0.3, -0.25) is 9.89 Å². The van der Waals surface area contributed by atoms with Gasteiger partial charge in [0.1, 0.15) is 16.8 Å². The average Bonchev–Trinajstić information content (AvgIpc) is 3.27. The lowest BCUT2D eigenvalue weighted by Gasteiger charge is -2.19. The van der Waals surface area contributed by atoms with Gasteiger partial charge in [-0.15, -0.1) is 0 Å². The van der Waals surface area contributed by atoms with Gasteiger partial charge in [-0.25, -0.2) is 9.97 Å². The summed E-state index contributed by atoms with van der Waals surface area (Å²) in [5.41, 5.74) is 3.38. The Kier molecular flexibility index (Phi) is 4.51. The van der Waals surface area contributed by atoms with Gasteiger partial charge in [-0.2, -0.15) is 5.10 Å². The molecule has 1 aliphatic heterocycles. The number of rotatable bonds is 5. The third-order valence-electron chi connectivity index (χ3n) is 4.82. The number of hydrogen-bond donors (Lipinski definition) is 3. The van der Waals surface area contributed by atoms with E-state index < -0.39 is 0 Å². The molecule has 0 radical (unpaired) electrons. The third kappa shape index (κ3) is 3.44. The van der Waals surface area contributed by atoms with Gasteiger partial charge in [-0.1, -0.05) is 0 Å². The Balaban J connectivity index is 1.55. The molecule has 0 bridgehead atoms. The van der Waals surface area contributed by atoms with Crippen LogP contribution in [0.5, 0.6) is 17.2 Å². The number of nitrogens with one attached hydrogen (secondary N) is 3. The zero-order chi connectivity index (χ0) is 21.4. The number of fused-ring (bicyclic) bond motifs is 2. The molecule has 0 aliphatic carbocycles. The molecule has 2 aromatic carbocycles. The highest BCUT2D eigenvalue weighted by molar-refractivity contribution is 5.96. The van der Waals surface area contributed by atoms with Crippen molar-refractivity contribution in [2.24, 2.45) is 0 Å². The number of aromatic nitrogens is 4. The molecule has 31 heavy (non-hydrogen) atoms. The lowest BCUT2D eigenvalue weighted by molar-refractivity contribution is -0.118. The first-order valence-electron chi connectivity index (χ1n) is 9.42. The van der Waals surface area contributed by atoms with E-state index in [1.54, 1.807) is 38.6 Å². The maximum atomic E-state index is 11.6. The highest BCUT2D eigenvalue weighted by Gasteiger charge is 2.18. The zero-order valence-electron chi connectivity index (χ0n) is 16.7. The number of H-pyrrole nitrogens is 1. The minimum Gasteiger partial charge on any atom is -0.493 e. The van der Waals surface area contributed by atoms with Gasteiger partial charge in [0.2, 0.25) is 0 Å². The number of methoxy groups -OCH3 is 2. The largest absolute Gasteiger partial charge is 0.493 e. The number of carbonyl (C=O) groups excluding carboxylic acids is 1. The van der Waals surface area contributed by atoms with E-state index in [0.717, 1.165) is 11.3 Å². The number of amides is 1. The van der Waals surface area contributed by atoms with Crippen LogP contribution < -0.4 is 24.8 Å². The Morgan fingerprint density at radius 3 is 2.77 bits per heavy atom. The van der Waals surface area contributed by atoms with Crippen molar-refractivity contribution in [3.05, 3.63) is 42.6 Å². The lowest BCUT2D eigenvalue weighted by atomic mass is 10.2. The van der Waals surface area contributed by atoms with E-state index in [4.69, 9.17) is 14.2 Å². The highest BCUT2D eigenvalue weighted by Crippen LogP contribution is 2.34. The number of anilines is 3. The van der Waals surface area contributed by atoms with E-state index in [-0.39, 0.29) is 12.5 Å². The summed E-state index contributed by atoms with van der Waals surface area (Å²) in [5, 5.41) is 13.1. The normalized spacial score (nSPS) is 12.6. The van der Waals surface area contributed by atoms with Crippen LogP contribution in [-0.2, 0) is 4.79 Å². The summed E-state index contributed by atoms with van der Waals surface area (Å²) in [6.45, 7) is 0.00906. The topological polar surface area (TPSA) is 123 Å². The van der Waals surface area contributed by atoms with Crippen molar-refractivity contribution in [2.45, 2.75) is 0 Å². The molecule has 0 saturated heterocycles. The molecule has 156 valence electrons. The van der Waals surface area contributed by atoms with E-state index >= 15 is 0 Å². The molecule has 10 heteroatoms. The molecule has 0 fully saturated rings. The molecule has 0 atom stereocenters. The van der Waals surface area contributed by atoms with Gasteiger partial charge in [0, 0.05) is 11.3 Å². The Morgan fingerprint density at radius 2 is 1.94 bits per heavy atom. The summed E-state index contributed by atoms with van der Waals surface area (Å²) in [6.07, 6.45) is 1.63. The number of nitrogens with zero attached hydrogens (tertiary/aromatic N) is 3. The number of aromatic amines is 1. The van der Waals surface area contributed by atoms with Gasteiger partial charge in [-0.05, 0) is 36.4 Å². The fourth-order valence-corrected chi connectivity index (χ4v) is 3.33. The van der Waals surface area contributed by atoms with Crippen LogP contribution in [0.1, 0.15) is 0 Å². The summed E-state index contributed by atoms with van der Waals surface area (Å²) in [7, 11) is 3.16. The standard InChI is InChI=1S/C21H18N6O4/c1-29-16-5-3-11(7-17(16)30-2)20-25-14-9-22-27-19(14)21(26-20)23-12-4-6-15-13(8-12)24-18(28)10-31-15/h3-9H,10H2,1-2H3,(H,22,27)(H,24,28)(H,23,25,26). The van der Waals surface area contributed by atoms with Crippen LogP contribution in [0.15, 0.2) is 42.6 Å². The quantitative estimate of drug-likeness (QED) is 0.452. The molecule has 5 rings (SSSR count). The first kappa shape index (κ1) is 18.7. The fraction of sp³-hybridized carbons (Fsp3) is 0.143. The Bertz CT molecular complexity index is 1300. The van der Waals surface area contributed by atoms with Crippen LogP contribution in [0.2, 0.25) is 0 Å². The van der Waals surface area contributed by atoms with Crippen LogP contribution in [0.25, 0.3) is 22.4 Å². The molecular weight excluding hydrogens is 400 g/mol. The van der Waals surface area contributed by atoms with Gasteiger partial charge < -0.3 is 24.8 Å². The SMILES string of the molecule is COc1ccc(-c2nc(Nc3ccc4c(c3)NC(=O)CO4)c3[nH]ncc3n2)cc1OC. The van der Waals surface area contributed by atoms with E-state index in [2.05, 4.69) is 30.8 Å². The molecule has 1 aliphatic rings. The van der Waals surface area contributed by atoms with E-state index in [1.807, 2.05) is 18.2 Å². The number of carbonyl (C=O) groups is 1. The summed E-state index contributed by atoms with van der Waals surface area (Å²) in [4.78, 5) is 20.9. The molecule has 4 aromatic rings. The van der Waals surface area contributed by atoms with E-state index in [0.29, 0.717) is 45.6 Å². The molecule has 2 aromatic heterocycles. The molecule has 1 amide bonds. The van der Waals surface area contributed by atoms with Gasteiger partial charge >= 0.3 is 0 Å². The molecular formula is C21H18N6O4. The van der Waals surface area contributed by atoms with Gasteiger partial charge in [0.25, 0.3) is 5.91 Å². The van der Waals surface area contributed by atoms with E-state index in [1.165, 1.54) is 0 Å².